The molecule has 1 aromatic carbocycles. The topological polar surface area (TPSA) is 79.4 Å². The number of hydrogen-bond donors (Lipinski definition) is 1. The average Bonchev–Trinajstić information content (AvgIpc) is 2.44. The van der Waals surface area contributed by atoms with Crippen LogP contribution in [0.2, 0.25) is 0 Å². The molecule has 0 aliphatic heterocycles. The number of fused-ring (bicyclic) bond motifs is 1. The third kappa shape index (κ3) is 4.02. The van der Waals surface area contributed by atoms with Crippen LogP contribution in [0.4, 0.5) is 0 Å². The number of rotatable bonds is 5. The summed E-state index contributed by atoms with van der Waals surface area (Å²) in [5.74, 6) is -0.175. The molecule has 0 spiro atoms. The molecule has 2 aromatic rings. The van der Waals surface area contributed by atoms with Gasteiger partial charge >= 0.3 is 0 Å². The molecule has 0 radical (unpaired) electrons. The number of amides is 1. The lowest BCUT2D eigenvalue weighted by atomic mass is 10.1. The molecule has 0 saturated heterocycles. The van der Waals surface area contributed by atoms with E-state index in [0.29, 0.717) is 11.3 Å². The van der Waals surface area contributed by atoms with E-state index in [-0.39, 0.29) is 19.0 Å². The molecule has 6 nitrogen and oxygen atoms in total. The molecule has 118 valence electrons. The lowest BCUT2D eigenvalue weighted by molar-refractivity contribution is 0.0796. The van der Waals surface area contributed by atoms with E-state index in [1.807, 2.05) is 30.3 Å². The van der Waals surface area contributed by atoms with Gasteiger partial charge in [0, 0.05) is 25.5 Å². The van der Waals surface area contributed by atoms with Crippen LogP contribution in [0.1, 0.15) is 16.1 Å². The number of nitrogens with zero attached hydrogens (tertiary/aromatic N) is 2. The number of nitrogens with one attached hydrogen (secondary N) is 1. The minimum atomic E-state index is -3.25. The second-order valence-corrected chi connectivity index (χ2v) is 7.04. The first-order chi connectivity index (χ1) is 10.3. The number of aryl methyl sites for hydroxylation is 1. The Bertz CT molecular complexity index is 803. The first-order valence-corrected chi connectivity index (χ1v) is 8.73. The van der Waals surface area contributed by atoms with E-state index < -0.39 is 10.0 Å². The van der Waals surface area contributed by atoms with Gasteiger partial charge < -0.3 is 4.90 Å². The number of likely N-dealkylation sites (N-methyl/N-ethyl adjacent to an activating group) is 1. The van der Waals surface area contributed by atoms with Gasteiger partial charge in [-0.3, -0.25) is 9.78 Å². The fraction of sp³-hybridized carbons (Fsp3) is 0.333. The van der Waals surface area contributed by atoms with Gasteiger partial charge in [0.2, 0.25) is 10.0 Å². The first-order valence-electron chi connectivity index (χ1n) is 6.84. The molecule has 0 unspecified atom stereocenters. The van der Waals surface area contributed by atoms with Crippen LogP contribution in [0.25, 0.3) is 10.9 Å². The van der Waals surface area contributed by atoms with Gasteiger partial charge in [-0.1, -0.05) is 18.2 Å². The van der Waals surface area contributed by atoms with Gasteiger partial charge in [0.25, 0.3) is 5.91 Å². The van der Waals surface area contributed by atoms with Gasteiger partial charge in [0.1, 0.15) is 0 Å². The fourth-order valence-electron chi connectivity index (χ4n) is 2.13. The van der Waals surface area contributed by atoms with Crippen molar-refractivity contribution in [3.8, 4) is 0 Å². The minimum absolute atomic E-state index is 0.175. The van der Waals surface area contributed by atoms with Crippen molar-refractivity contribution in [2.45, 2.75) is 6.92 Å². The van der Waals surface area contributed by atoms with Gasteiger partial charge in [0.05, 0.1) is 23.0 Å². The minimum Gasteiger partial charge on any atom is -0.340 e. The molecule has 0 saturated carbocycles. The standard InChI is InChI=1S/C15H19N3O3S/c1-11-13(10-12-6-4-5-7-14(12)17-11)15(19)18(2)9-8-16-22(3,20)21/h4-7,10,16H,8-9H2,1-3H3. The summed E-state index contributed by atoms with van der Waals surface area (Å²) in [6, 6.07) is 9.42. The maximum Gasteiger partial charge on any atom is 0.255 e. The highest BCUT2D eigenvalue weighted by molar-refractivity contribution is 7.88. The smallest absolute Gasteiger partial charge is 0.255 e. The number of pyridine rings is 1. The van der Waals surface area contributed by atoms with E-state index in [9.17, 15) is 13.2 Å². The Balaban J connectivity index is 2.16. The Morgan fingerprint density at radius 3 is 2.68 bits per heavy atom. The second kappa shape index (κ2) is 6.41. The molecule has 22 heavy (non-hydrogen) atoms. The molecule has 0 atom stereocenters. The lowest BCUT2D eigenvalue weighted by Crippen LogP contribution is -2.36. The zero-order valence-corrected chi connectivity index (χ0v) is 13.6. The zero-order chi connectivity index (χ0) is 16.3. The summed E-state index contributed by atoms with van der Waals surface area (Å²) in [5.41, 5.74) is 2.03. The van der Waals surface area contributed by atoms with Gasteiger partial charge in [-0.15, -0.1) is 0 Å². The van der Waals surface area contributed by atoms with E-state index >= 15 is 0 Å². The Hall–Kier alpha value is -1.99. The molecular weight excluding hydrogens is 302 g/mol. The van der Waals surface area contributed by atoms with Crippen LogP contribution >= 0.6 is 0 Å². The van der Waals surface area contributed by atoms with Crippen molar-refractivity contribution in [3.63, 3.8) is 0 Å². The van der Waals surface area contributed by atoms with Crippen molar-refractivity contribution in [2.24, 2.45) is 0 Å². The summed E-state index contributed by atoms with van der Waals surface area (Å²) < 4.78 is 24.4. The summed E-state index contributed by atoms with van der Waals surface area (Å²) in [7, 11) is -1.61. The number of carbonyl (C=O) groups is 1. The van der Waals surface area contributed by atoms with Gasteiger partial charge in [0.15, 0.2) is 0 Å². The number of hydrogen-bond acceptors (Lipinski definition) is 4. The first kappa shape index (κ1) is 16.4. The fourth-order valence-corrected chi connectivity index (χ4v) is 2.60. The molecule has 2 rings (SSSR count). The van der Waals surface area contributed by atoms with E-state index in [4.69, 9.17) is 0 Å². The highest BCUT2D eigenvalue weighted by atomic mass is 32.2. The number of para-hydroxylation sites is 1. The van der Waals surface area contributed by atoms with Crippen molar-refractivity contribution in [2.75, 3.05) is 26.4 Å². The quantitative estimate of drug-likeness (QED) is 0.896. The van der Waals surface area contributed by atoms with Gasteiger partial charge in [-0.2, -0.15) is 0 Å². The third-order valence-electron chi connectivity index (χ3n) is 3.30. The molecule has 1 N–H and O–H groups in total. The third-order valence-corrected chi connectivity index (χ3v) is 4.03. The highest BCUT2D eigenvalue weighted by Gasteiger charge is 2.16. The summed E-state index contributed by atoms with van der Waals surface area (Å²) in [4.78, 5) is 18.4. The van der Waals surface area contributed by atoms with Gasteiger partial charge in [-0.05, 0) is 19.1 Å². The van der Waals surface area contributed by atoms with Crippen LogP contribution in [0.15, 0.2) is 30.3 Å². The molecule has 1 heterocycles. The number of benzene rings is 1. The van der Waals surface area contributed by atoms with Crippen LogP contribution in [-0.2, 0) is 10.0 Å². The number of aromatic nitrogens is 1. The predicted molar refractivity (Wildman–Crippen MR) is 86.3 cm³/mol. The Morgan fingerprint density at radius 1 is 1.32 bits per heavy atom. The molecule has 1 amide bonds. The molecular formula is C15H19N3O3S. The van der Waals surface area contributed by atoms with Crippen molar-refractivity contribution in [1.29, 1.82) is 0 Å². The molecule has 1 aromatic heterocycles. The summed E-state index contributed by atoms with van der Waals surface area (Å²) in [6.07, 6.45) is 1.09. The van der Waals surface area contributed by atoms with E-state index in [2.05, 4.69) is 9.71 Å². The molecule has 0 aliphatic rings. The Morgan fingerprint density at radius 2 is 2.00 bits per heavy atom. The Kier molecular flexibility index (Phi) is 4.77. The van der Waals surface area contributed by atoms with Crippen molar-refractivity contribution >= 4 is 26.8 Å². The van der Waals surface area contributed by atoms with E-state index in [1.54, 1.807) is 14.0 Å². The van der Waals surface area contributed by atoms with Crippen molar-refractivity contribution < 1.29 is 13.2 Å². The normalized spacial score (nSPS) is 11.6. The zero-order valence-electron chi connectivity index (χ0n) is 12.8. The number of sulfonamides is 1. The molecule has 0 aliphatic carbocycles. The largest absolute Gasteiger partial charge is 0.340 e. The Labute approximate surface area is 130 Å². The summed E-state index contributed by atoms with van der Waals surface area (Å²) in [5, 5.41) is 0.902. The van der Waals surface area contributed by atoms with Crippen molar-refractivity contribution in [3.05, 3.63) is 41.6 Å². The number of carbonyl (C=O) groups excluding carboxylic acids is 1. The highest BCUT2D eigenvalue weighted by Crippen LogP contribution is 2.17. The van der Waals surface area contributed by atoms with Crippen molar-refractivity contribution in [1.82, 2.24) is 14.6 Å². The van der Waals surface area contributed by atoms with E-state index in [0.717, 1.165) is 17.2 Å². The second-order valence-electron chi connectivity index (χ2n) is 5.21. The van der Waals surface area contributed by atoms with Crippen LogP contribution in [-0.4, -0.2) is 50.6 Å². The maximum atomic E-state index is 12.5. The summed E-state index contributed by atoms with van der Waals surface area (Å²) >= 11 is 0. The predicted octanol–water partition coefficient (Wildman–Crippen LogP) is 1.16. The van der Waals surface area contributed by atoms with Gasteiger partial charge in [-0.25, -0.2) is 13.1 Å². The van der Waals surface area contributed by atoms with Crippen LogP contribution < -0.4 is 4.72 Å². The molecule has 0 fully saturated rings. The monoisotopic (exact) mass is 321 g/mol. The molecule has 0 bridgehead atoms. The SMILES string of the molecule is Cc1nc2ccccc2cc1C(=O)N(C)CCNS(C)(=O)=O. The summed E-state index contributed by atoms with van der Waals surface area (Å²) in [6.45, 7) is 2.27. The van der Waals surface area contributed by atoms with E-state index in [1.165, 1.54) is 4.90 Å². The van der Waals surface area contributed by atoms with Crippen LogP contribution in [0.3, 0.4) is 0 Å². The van der Waals surface area contributed by atoms with Crippen LogP contribution in [0, 0.1) is 6.92 Å². The van der Waals surface area contributed by atoms with Crippen LogP contribution in [0.5, 0.6) is 0 Å². The lowest BCUT2D eigenvalue weighted by Gasteiger charge is -2.18. The average molecular weight is 321 g/mol. The maximum absolute atomic E-state index is 12.5. The molecule has 7 heteroatoms.